The molecule has 0 spiro atoms. The Morgan fingerprint density at radius 3 is 2.42 bits per heavy atom. The van der Waals surface area contributed by atoms with E-state index in [1.54, 1.807) is 28.5 Å². The smallest absolute Gasteiger partial charge is 0.270 e. The van der Waals surface area contributed by atoms with Crippen molar-refractivity contribution < 1.29 is 9.18 Å². The fraction of sp³-hybridized carbons (Fsp3) is 0.429. The normalized spacial score (nSPS) is 19.6. The number of nitriles is 1. The first-order chi connectivity index (χ1) is 18.3. The van der Waals surface area contributed by atoms with Crippen LogP contribution in [0.15, 0.2) is 34.0 Å². The van der Waals surface area contributed by atoms with Gasteiger partial charge in [0.2, 0.25) is 0 Å². The number of hydrogen-bond donors (Lipinski definition) is 0. The van der Waals surface area contributed by atoms with Gasteiger partial charge in [-0.2, -0.15) is 5.26 Å². The zero-order valence-corrected chi connectivity index (χ0v) is 23.2. The van der Waals surface area contributed by atoms with Gasteiger partial charge in [-0.1, -0.05) is 49.0 Å². The molecule has 198 valence electrons. The predicted molar refractivity (Wildman–Crippen MR) is 154 cm³/mol. The number of halogens is 1. The van der Waals surface area contributed by atoms with Crippen molar-refractivity contribution in [2.45, 2.75) is 52.1 Å². The molecule has 1 amide bonds. The highest BCUT2D eigenvalue weighted by molar-refractivity contribution is 8.26. The molecule has 3 fully saturated rings. The van der Waals surface area contributed by atoms with Crippen molar-refractivity contribution in [2.75, 3.05) is 36.0 Å². The number of para-hydroxylation sites is 1. The SMILES string of the molecule is CCn1c(N2CCN(c3ccccc3F)CC2)c(C=C2SC(=S)N(C3CCCC3)C2=O)c(C)c(C#N)c1=O. The Labute approximate surface area is 231 Å². The maximum absolute atomic E-state index is 14.4. The number of aromatic nitrogens is 1. The number of carbonyl (C=O) groups excluding carboxylic acids is 1. The molecular weight excluding hydrogens is 521 g/mol. The minimum atomic E-state index is -0.338. The van der Waals surface area contributed by atoms with Crippen LogP contribution in [0.3, 0.4) is 0 Å². The molecule has 5 rings (SSSR count). The topological polar surface area (TPSA) is 72.6 Å². The van der Waals surface area contributed by atoms with E-state index in [1.165, 1.54) is 17.8 Å². The number of rotatable bonds is 5. The molecule has 3 heterocycles. The molecule has 0 atom stereocenters. The molecule has 1 aromatic carbocycles. The van der Waals surface area contributed by atoms with E-state index < -0.39 is 0 Å². The second kappa shape index (κ2) is 10.9. The van der Waals surface area contributed by atoms with Gasteiger partial charge in [0.05, 0.1) is 10.6 Å². The van der Waals surface area contributed by atoms with Crippen LogP contribution in [-0.2, 0) is 11.3 Å². The van der Waals surface area contributed by atoms with Crippen LogP contribution in [0.25, 0.3) is 6.08 Å². The van der Waals surface area contributed by atoms with Gasteiger partial charge < -0.3 is 9.80 Å². The Bertz CT molecular complexity index is 1420. The minimum Gasteiger partial charge on any atom is -0.366 e. The highest BCUT2D eigenvalue weighted by Gasteiger charge is 2.38. The molecule has 1 aliphatic carbocycles. The number of amides is 1. The van der Waals surface area contributed by atoms with Crippen molar-refractivity contribution in [2.24, 2.45) is 0 Å². The fourth-order valence-corrected chi connectivity index (χ4v) is 7.12. The highest BCUT2D eigenvalue weighted by atomic mass is 32.2. The average Bonchev–Trinajstić information content (AvgIpc) is 3.53. The van der Waals surface area contributed by atoms with E-state index in [0.717, 1.165) is 25.7 Å². The third kappa shape index (κ3) is 4.63. The van der Waals surface area contributed by atoms with Crippen LogP contribution < -0.4 is 15.4 Å². The summed E-state index contributed by atoms with van der Waals surface area (Å²) in [5.41, 5.74) is 1.55. The largest absolute Gasteiger partial charge is 0.366 e. The Hall–Kier alpha value is -3.16. The van der Waals surface area contributed by atoms with Gasteiger partial charge in [0.15, 0.2) is 0 Å². The number of thiocarbonyl (C=S) groups is 1. The third-order valence-electron chi connectivity index (χ3n) is 7.72. The van der Waals surface area contributed by atoms with Crippen molar-refractivity contribution in [1.29, 1.82) is 5.26 Å². The Balaban J connectivity index is 1.54. The van der Waals surface area contributed by atoms with Crippen LogP contribution in [0.5, 0.6) is 0 Å². The van der Waals surface area contributed by atoms with E-state index in [-0.39, 0.29) is 28.9 Å². The van der Waals surface area contributed by atoms with Crippen LogP contribution in [0.2, 0.25) is 0 Å². The summed E-state index contributed by atoms with van der Waals surface area (Å²) in [7, 11) is 0. The van der Waals surface area contributed by atoms with E-state index in [4.69, 9.17) is 12.2 Å². The summed E-state index contributed by atoms with van der Waals surface area (Å²) in [6, 6.07) is 8.95. The average molecular weight is 552 g/mol. The van der Waals surface area contributed by atoms with Gasteiger partial charge in [-0.25, -0.2) is 4.39 Å². The van der Waals surface area contributed by atoms with Crippen molar-refractivity contribution in [3.05, 3.63) is 62.0 Å². The molecule has 1 aromatic heterocycles. The maximum Gasteiger partial charge on any atom is 0.270 e. The number of pyridine rings is 1. The van der Waals surface area contributed by atoms with Gasteiger partial charge in [-0.3, -0.25) is 19.1 Å². The number of carbonyl (C=O) groups is 1. The number of piperazine rings is 1. The van der Waals surface area contributed by atoms with Crippen molar-refractivity contribution in [3.8, 4) is 6.07 Å². The summed E-state index contributed by atoms with van der Waals surface area (Å²) in [6.45, 7) is 6.28. The number of benzene rings is 1. The molecule has 10 heteroatoms. The molecule has 0 radical (unpaired) electrons. The Morgan fingerprint density at radius 1 is 1.13 bits per heavy atom. The van der Waals surface area contributed by atoms with Crippen molar-refractivity contribution in [3.63, 3.8) is 0 Å². The van der Waals surface area contributed by atoms with Gasteiger partial charge in [-0.15, -0.1) is 0 Å². The van der Waals surface area contributed by atoms with Crippen molar-refractivity contribution in [1.82, 2.24) is 9.47 Å². The lowest BCUT2D eigenvalue weighted by molar-refractivity contribution is -0.123. The summed E-state index contributed by atoms with van der Waals surface area (Å²) in [5.74, 6) is 0.327. The van der Waals surface area contributed by atoms with Crippen LogP contribution in [0, 0.1) is 24.1 Å². The molecule has 38 heavy (non-hydrogen) atoms. The van der Waals surface area contributed by atoms with Gasteiger partial charge in [0.1, 0.15) is 27.6 Å². The highest BCUT2D eigenvalue weighted by Crippen LogP contribution is 2.39. The standard InChI is InChI=1S/C28H30FN5O2S2/c1-3-33-25(32-14-12-31(13-15-32)23-11-7-6-10-22(23)29)20(18(2)21(17-30)26(33)35)16-24-27(36)34(28(37)38-24)19-8-4-5-9-19/h6-7,10-11,16,19H,3-5,8-9,12-15H2,1-2H3. The maximum atomic E-state index is 14.4. The summed E-state index contributed by atoms with van der Waals surface area (Å²) < 4.78 is 16.6. The van der Waals surface area contributed by atoms with Gasteiger partial charge >= 0.3 is 0 Å². The lowest BCUT2D eigenvalue weighted by Crippen LogP contribution is -2.49. The quantitative estimate of drug-likeness (QED) is 0.395. The molecular formula is C28H30FN5O2S2. The van der Waals surface area contributed by atoms with Crippen LogP contribution >= 0.6 is 24.0 Å². The molecule has 0 unspecified atom stereocenters. The van der Waals surface area contributed by atoms with Crippen LogP contribution in [0.1, 0.15) is 49.3 Å². The number of hydrogen-bond acceptors (Lipinski definition) is 7. The Morgan fingerprint density at radius 2 is 1.79 bits per heavy atom. The molecule has 3 aliphatic rings. The van der Waals surface area contributed by atoms with Crippen LogP contribution in [-0.4, -0.2) is 51.9 Å². The van der Waals surface area contributed by atoms with E-state index in [2.05, 4.69) is 11.0 Å². The zero-order chi connectivity index (χ0) is 27.0. The number of thioether (sulfide) groups is 1. The summed E-state index contributed by atoms with van der Waals surface area (Å²) in [5, 5.41) is 9.83. The first-order valence-corrected chi connectivity index (χ1v) is 14.3. The first-order valence-electron chi connectivity index (χ1n) is 13.0. The molecule has 7 nitrogen and oxygen atoms in total. The van der Waals surface area contributed by atoms with E-state index in [1.807, 2.05) is 24.0 Å². The third-order valence-corrected chi connectivity index (χ3v) is 9.05. The Kier molecular flexibility index (Phi) is 7.59. The molecule has 0 bridgehead atoms. The fourth-order valence-electron chi connectivity index (χ4n) is 5.73. The van der Waals surface area contributed by atoms with E-state index in [9.17, 15) is 19.2 Å². The molecule has 2 aliphatic heterocycles. The second-order valence-corrected chi connectivity index (χ2v) is 11.5. The lowest BCUT2D eigenvalue weighted by atomic mass is 10.0. The van der Waals surface area contributed by atoms with Gasteiger partial charge in [-0.05, 0) is 50.5 Å². The number of anilines is 2. The van der Waals surface area contributed by atoms with Crippen molar-refractivity contribution >= 4 is 51.8 Å². The minimum absolute atomic E-state index is 0.0816. The summed E-state index contributed by atoms with van der Waals surface area (Å²) in [4.78, 5) is 33.2. The molecule has 0 N–H and O–H groups in total. The zero-order valence-electron chi connectivity index (χ0n) is 21.6. The lowest BCUT2D eigenvalue weighted by Gasteiger charge is -2.39. The second-order valence-electron chi connectivity index (χ2n) is 9.81. The number of nitrogens with zero attached hydrogens (tertiary/aromatic N) is 5. The van der Waals surface area contributed by atoms with E-state index >= 15 is 0 Å². The van der Waals surface area contributed by atoms with E-state index in [0.29, 0.717) is 64.6 Å². The molecule has 2 saturated heterocycles. The monoisotopic (exact) mass is 551 g/mol. The molecule has 2 aromatic rings. The van der Waals surface area contributed by atoms with Crippen LogP contribution in [0.4, 0.5) is 15.9 Å². The summed E-state index contributed by atoms with van der Waals surface area (Å²) in [6.07, 6.45) is 5.91. The predicted octanol–water partition coefficient (Wildman–Crippen LogP) is 4.66. The summed E-state index contributed by atoms with van der Waals surface area (Å²) >= 11 is 6.89. The van der Waals surface area contributed by atoms with Gasteiger partial charge in [0, 0.05) is 44.3 Å². The van der Waals surface area contributed by atoms with Gasteiger partial charge in [0.25, 0.3) is 11.5 Å². The molecule has 1 saturated carbocycles. The first kappa shape index (κ1) is 26.4.